The molecule has 1 aromatic rings. The van der Waals surface area contributed by atoms with E-state index in [1.807, 2.05) is 19.9 Å². The zero-order valence-corrected chi connectivity index (χ0v) is 22.3. The van der Waals surface area contributed by atoms with Crippen LogP contribution in [0.1, 0.15) is 39.3 Å². The molecule has 194 valence electrons. The number of amides is 2. The second-order valence-corrected chi connectivity index (χ2v) is 11.0. The Balaban J connectivity index is 1.62. The van der Waals surface area contributed by atoms with E-state index >= 15 is 0 Å². The van der Waals surface area contributed by atoms with Crippen LogP contribution in [0, 0.1) is 5.92 Å². The molecule has 0 radical (unpaired) electrons. The third kappa shape index (κ3) is 6.00. The van der Waals surface area contributed by atoms with Gasteiger partial charge in [-0.05, 0) is 25.0 Å². The number of carbonyl (C=O) groups is 3. The van der Waals surface area contributed by atoms with Crippen molar-refractivity contribution in [3.63, 3.8) is 0 Å². The van der Waals surface area contributed by atoms with Crippen LogP contribution < -0.4 is 10.6 Å². The van der Waals surface area contributed by atoms with Crippen molar-refractivity contribution >= 4 is 52.9 Å². The number of carbonyl (C=O) groups excluding carboxylic acids is 3. The van der Waals surface area contributed by atoms with Gasteiger partial charge in [-0.1, -0.05) is 25.1 Å². The van der Waals surface area contributed by atoms with Crippen molar-refractivity contribution in [3.05, 3.63) is 23.7 Å². The molecular formula is C23H31N7O4S2. The van der Waals surface area contributed by atoms with Gasteiger partial charge in [0.05, 0.1) is 37.1 Å². The molecule has 0 unspecified atom stereocenters. The summed E-state index contributed by atoms with van der Waals surface area (Å²) in [6.45, 7) is 5.84. The fourth-order valence-corrected chi connectivity index (χ4v) is 5.44. The third-order valence-electron chi connectivity index (χ3n) is 6.19. The van der Waals surface area contributed by atoms with Gasteiger partial charge >= 0.3 is 5.97 Å². The molecule has 0 spiro atoms. The minimum absolute atomic E-state index is 0.0709. The maximum absolute atomic E-state index is 13.3. The van der Waals surface area contributed by atoms with Crippen molar-refractivity contribution in [2.75, 3.05) is 18.1 Å². The number of aliphatic imine (C=N–C) groups is 2. The Labute approximate surface area is 219 Å². The van der Waals surface area contributed by atoms with Crippen LogP contribution in [0.2, 0.25) is 0 Å². The first-order valence-corrected chi connectivity index (χ1v) is 13.6. The minimum Gasteiger partial charge on any atom is -0.458 e. The average molecular weight is 534 g/mol. The smallest absolute Gasteiger partial charge is 0.329 e. The standard InChI is InChI=1S/C23H31N7O4S2/c1-13(2)19-21(32)34-16(11-30-15(6-7-35)10-25-29-30)8-18(31)24-9-14-4-5-17(26-14)20-28-23(3,12-36-20)22(33)27-19/h5,10,13,16,19,35H,4,6-9,11-12H2,1-3H3,(H,24,31)(H,27,33)/t16-,19-,23-/m0/s1. The molecule has 11 nitrogen and oxygen atoms in total. The topological polar surface area (TPSA) is 140 Å². The summed E-state index contributed by atoms with van der Waals surface area (Å²) in [5.41, 5.74) is 1.31. The number of rotatable bonds is 5. The zero-order valence-electron chi connectivity index (χ0n) is 20.6. The van der Waals surface area contributed by atoms with Gasteiger partial charge in [-0.3, -0.25) is 19.6 Å². The lowest BCUT2D eigenvalue weighted by molar-refractivity contribution is -0.156. The molecule has 3 atom stereocenters. The van der Waals surface area contributed by atoms with E-state index < -0.39 is 23.7 Å². The Morgan fingerprint density at radius 2 is 2.14 bits per heavy atom. The quantitative estimate of drug-likeness (QED) is 0.378. The highest BCUT2D eigenvalue weighted by Gasteiger charge is 2.42. The maximum atomic E-state index is 13.3. The Morgan fingerprint density at radius 1 is 1.33 bits per heavy atom. The molecule has 0 aliphatic carbocycles. The van der Waals surface area contributed by atoms with Crippen LogP contribution in [0.3, 0.4) is 0 Å². The van der Waals surface area contributed by atoms with Crippen LogP contribution in [0.4, 0.5) is 0 Å². The second kappa shape index (κ2) is 11.2. The van der Waals surface area contributed by atoms with E-state index in [9.17, 15) is 14.4 Å². The van der Waals surface area contributed by atoms with E-state index in [-0.39, 0.29) is 37.2 Å². The van der Waals surface area contributed by atoms with Crippen molar-refractivity contribution in [3.8, 4) is 0 Å². The third-order valence-corrected chi connectivity index (χ3v) is 7.70. The number of esters is 1. The van der Waals surface area contributed by atoms with Gasteiger partial charge in [-0.25, -0.2) is 9.48 Å². The van der Waals surface area contributed by atoms with Gasteiger partial charge in [0.1, 0.15) is 22.7 Å². The van der Waals surface area contributed by atoms with Gasteiger partial charge in [0.15, 0.2) is 0 Å². The van der Waals surface area contributed by atoms with Crippen LogP contribution in [-0.4, -0.2) is 79.3 Å². The number of hydrogen-bond donors (Lipinski definition) is 3. The van der Waals surface area contributed by atoms with Gasteiger partial charge < -0.3 is 15.4 Å². The molecule has 1 aromatic heterocycles. The highest BCUT2D eigenvalue weighted by molar-refractivity contribution is 8.14. The highest BCUT2D eigenvalue weighted by Crippen LogP contribution is 2.33. The lowest BCUT2D eigenvalue weighted by atomic mass is 10.0. The average Bonchev–Trinajstić information content (AvgIpc) is 3.56. The molecule has 2 amide bonds. The van der Waals surface area contributed by atoms with E-state index in [1.54, 1.807) is 17.8 Å². The molecule has 4 bridgehead atoms. The Bertz CT molecular complexity index is 1130. The number of ether oxygens (including phenoxy) is 1. The van der Waals surface area contributed by atoms with Crippen LogP contribution >= 0.6 is 24.4 Å². The lowest BCUT2D eigenvalue weighted by Gasteiger charge is -2.27. The summed E-state index contributed by atoms with van der Waals surface area (Å²) in [7, 11) is 0. The highest BCUT2D eigenvalue weighted by atomic mass is 32.2. The fourth-order valence-electron chi connectivity index (χ4n) is 4.06. The van der Waals surface area contributed by atoms with E-state index in [0.29, 0.717) is 35.1 Å². The number of thioether (sulfide) groups is 1. The van der Waals surface area contributed by atoms with Crippen molar-refractivity contribution in [1.82, 2.24) is 25.6 Å². The van der Waals surface area contributed by atoms with E-state index in [4.69, 9.17) is 4.74 Å². The zero-order chi connectivity index (χ0) is 25.9. The second-order valence-electron chi connectivity index (χ2n) is 9.57. The number of nitrogens with one attached hydrogen (secondary N) is 2. The van der Waals surface area contributed by atoms with E-state index in [0.717, 1.165) is 11.4 Å². The molecule has 13 heteroatoms. The summed E-state index contributed by atoms with van der Waals surface area (Å²) < 4.78 is 7.44. The molecule has 2 N–H and O–H groups in total. The summed E-state index contributed by atoms with van der Waals surface area (Å²) >= 11 is 5.73. The first-order valence-electron chi connectivity index (χ1n) is 11.9. The SMILES string of the molecule is CC(C)[C@@H]1NC(=O)[C@]2(C)CSC(=N2)C2=CCC(=N2)CNC(=O)C[C@@H](Cn2nncc2CCS)OC1=O. The first kappa shape index (κ1) is 26.4. The summed E-state index contributed by atoms with van der Waals surface area (Å²) in [6, 6.07) is -0.903. The van der Waals surface area contributed by atoms with E-state index in [2.05, 4.69) is 43.6 Å². The number of aromatic nitrogens is 3. The summed E-state index contributed by atoms with van der Waals surface area (Å²) in [5, 5.41) is 14.4. The predicted octanol–water partition coefficient (Wildman–Crippen LogP) is 0.956. The number of thiol groups is 1. The maximum Gasteiger partial charge on any atom is 0.329 e. The number of cyclic esters (lactones) is 1. The molecule has 3 aliphatic heterocycles. The Kier molecular flexibility index (Phi) is 8.18. The van der Waals surface area contributed by atoms with Crippen molar-refractivity contribution in [2.24, 2.45) is 15.9 Å². The van der Waals surface area contributed by atoms with Crippen molar-refractivity contribution < 1.29 is 19.1 Å². The summed E-state index contributed by atoms with van der Waals surface area (Å²) in [6.07, 6.45) is 3.92. The monoisotopic (exact) mass is 533 g/mol. The molecular weight excluding hydrogens is 502 g/mol. The Hall–Kier alpha value is -2.67. The molecule has 0 fully saturated rings. The van der Waals surface area contributed by atoms with E-state index in [1.165, 1.54) is 11.8 Å². The van der Waals surface area contributed by atoms with Gasteiger partial charge in [0, 0.05) is 17.9 Å². The largest absolute Gasteiger partial charge is 0.458 e. The normalized spacial score (nSPS) is 27.2. The predicted molar refractivity (Wildman–Crippen MR) is 140 cm³/mol. The Morgan fingerprint density at radius 3 is 2.89 bits per heavy atom. The van der Waals surface area contributed by atoms with Crippen molar-refractivity contribution in [2.45, 2.75) is 64.3 Å². The number of nitrogens with zero attached hydrogens (tertiary/aromatic N) is 5. The van der Waals surface area contributed by atoms with Gasteiger partial charge in [0.2, 0.25) is 11.8 Å². The van der Waals surface area contributed by atoms with Gasteiger partial charge in [0.25, 0.3) is 0 Å². The van der Waals surface area contributed by atoms with Crippen LogP contribution in [-0.2, 0) is 32.1 Å². The van der Waals surface area contributed by atoms with Crippen molar-refractivity contribution in [1.29, 1.82) is 0 Å². The van der Waals surface area contributed by atoms with Gasteiger partial charge in [-0.2, -0.15) is 12.6 Å². The number of aryl methyl sites for hydroxylation is 1. The fraction of sp³-hybridized carbons (Fsp3) is 0.609. The molecule has 0 saturated carbocycles. The summed E-state index contributed by atoms with van der Waals surface area (Å²) in [5.74, 6) is -0.444. The number of allylic oxidation sites excluding steroid dienone is 1. The molecule has 36 heavy (non-hydrogen) atoms. The van der Waals surface area contributed by atoms with Crippen LogP contribution in [0.5, 0.6) is 0 Å². The lowest BCUT2D eigenvalue weighted by Crippen LogP contribution is -2.53. The number of fused-ring (bicyclic) bond motifs is 3. The molecule has 4 heterocycles. The number of hydrogen-bond acceptors (Lipinski definition) is 10. The van der Waals surface area contributed by atoms with Gasteiger partial charge in [-0.15, -0.1) is 16.9 Å². The molecule has 4 rings (SSSR count). The molecule has 3 aliphatic rings. The summed E-state index contributed by atoms with van der Waals surface area (Å²) in [4.78, 5) is 48.6. The molecule has 0 aromatic carbocycles. The molecule has 0 saturated heterocycles. The minimum atomic E-state index is -1.03. The van der Waals surface area contributed by atoms with Crippen LogP contribution in [0.15, 0.2) is 28.0 Å². The van der Waals surface area contributed by atoms with Crippen LogP contribution in [0.25, 0.3) is 0 Å². The first-order chi connectivity index (χ1) is 17.2.